The van der Waals surface area contributed by atoms with Crippen LogP contribution in [0.1, 0.15) is 39.0 Å². The molecule has 1 heterocycles. The molecule has 3 nitrogen and oxygen atoms in total. The van der Waals surface area contributed by atoms with Crippen LogP contribution in [0.4, 0.5) is 0 Å². The smallest absolute Gasteiger partial charge is 0.0357 e. The van der Waals surface area contributed by atoms with Crippen LogP contribution in [0.3, 0.4) is 0 Å². The van der Waals surface area contributed by atoms with Crippen LogP contribution >= 0.6 is 0 Å². The van der Waals surface area contributed by atoms with E-state index in [0.29, 0.717) is 5.54 Å². The van der Waals surface area contributed by atoms with E-state index in [1.54, 1.807) is 0 Å². The normalized spacial score (nSPS) is 30.5. The average Bonchev–Trinajstić information content (AvgIpc) is 3.17. The van der Waals surface area contributed by atoms with Gasteiger partial charge in [-0.15, -0.1) is 0 Å². The highest BCUT2D eigenvalue weighted by atomic mass is 15.3. The molecule has 1 aliphatic carbocycles. The lowest BCUT2D eigenvalue weighted by Crippen LogP contribution is -2.60. The van der Waals surface area contributed by atoms with E-state index >= 15 is 0 Å². The van der Waals surface area contributed by atoms with Crippen molar-refractivity contribution in [3.05, 3.63) is 0 Å². The van der Waals surface area contributed by atoms with Crippen molar-refractivity contribution in [2.75, 3.05) is 33.7 Å². The molecule has 2 unspecified atom stereocenters. The summed E-state index contributed by atoms with van der Waals surface area (Å²) in [4.78, 5) is 5.11. The van der Waals surface area contributed by atoms with E-state index in [-0.39, 0.29) is 0 Å². The van der Waals surface area contributed by atoms with Crippen molar-refractivity contribution in [2.45, 2.75) is 50.6 Å². The third kappa shape index (κ3) is 2.51. The summed E-state index contributed by atoms with van der Waals surface area (Å²) in [6, 6.07) is 0.722. The average molecular weight is 239 g/mol. The Balaban J connectivity index is 2.07. The molecule has 2 rings (SSSR count). The zero-order valence-electron chi connectivity index (χ0n) is 11.8. The SMILES string of the molecule is CCC(CN)(C1CC1)N1CCCC(N(C)C)C1. The lowest BCUT2D eigenvalue weighted by Gasteiger charge is -2.48. The van der Waals surface area contributed by atoms with Gasteiger partial charge in [0.1, 0.15) is 0 Å². The molecule has 1 saturated carbocycles. The molecule has 2 N–H and O–H groups in total. The Morgan fingerprint density at radius 1 is 1.29 bits per heavy atom. The number of hydrogen-bond donors (Lipinski definition) is 1. The molecule has 0 aromatic heterocycles. The Labute approximate surface area is 106 Å². The number of hydrogen-bond acceptors (Lipinski definition) is 3. The van der Waals surface area contributed by atoms with Gasteiger partial charge in [0, 0.05) is 24.7 Å². The molecule has 0 amide bonds. The van der Waals surface area contributed by atoms with Crippen LogP contribution in [0.25, 0.3) is 0 Å². The summed E-state index contributed by atoms with van der Waals surface area (Å²) in [6.07, 6.45) is 6.69. The van der Waals surface area contributed by atoms with Crippen LogP contribution < -0.4 is 5.73 Å². The summed E-state index contributed by atoms with van der Waals surface area (Å²) in [5, 5.41) is 0. The van der Waals surface area contributed by atoms with Gasteiger partial charge in [0.25, 0.3) is 0 Å². The van der Waals surface area contributed by atoms with Crippen LogP contribution in [0.2, 0.25) is 0 Å². The predicted octanol–water partition coefficient (Wildman–Crippen LogP) is 1.53. The van der Waals surface area contributed by atoms with Crippen LogP contribution in [0, 0.1) is 5.92 Å². The molecule has 1 aliphatic heterocycles. The fourth-order valence-electron chi connectivity index (χ4n) is 3.61. The van der Waals surface area contributed by atoms with Gasteiger partial charge >= 0.3 is 0 Å². The minimum Gasteiger partial charge on any atom is -0.329 e. The summed E-state index contributed by atoms with van der Waals surface area (Å²) in [5.41, 5.74) is 6.47. The molecule has 0 radical (unpaired) electrons. The standard InChI is InChI=1S/C14H29N3/c1-4-14(11-15,12-7-8-12)17-9-5-6-13(10-17)16(2)3/h12-13H,4-11,15H2,1-3H3. The summed E-state index contributed by atoms with van der Waals surface area (Å²) >= 11 is 0. The highest BCUT2D eigenvalue weighted by Crippen LogP contribution is 2.45. The van der Waals surface area contributed by atoms with Crippen molar-refractivity contribution in [2.24, 2.45) is 11.7 Å². The van der Waals surface area contributed by atoms with Crippen LogP contribution in [0.5, 0.6) is 0 Å². The second-order valence-corrected chi connectivity index (χ2v) is 6.14. The third-order valence-electron chi connectivity index (χ3n) is 5.06. The van der Waals surface area contributed by atoms with E-state index in [1.165, 1.54) is 45.2 Å². The van der Waals surface area contributed by atoms with Crippen LogP contribution in [-0.2, 0) is 0 Å². The first-order valence-corrected chi connectivity index (χ1v) is 7.25. The second-order valence-electron chi connectivity index (χ2n) is 6.14. The lowest BCUT2D eigenvalue weighted by atomic mass is 9.85. The lowest BCUT2D eigenvalue weighted by molar-refractivity contribution is 0.0180. The first kappa shape index (κ1) is 13.3. The van der Waals surface area contributed by atoms with Crippen molar-refractivity contribution in [3.8, 4) is 0 Å². The molecule has 2 aliphatic rings. The number of nitrogens with zero attached hydrogens (tertiary/aromatic N) is 2. The van der Waals surface area contributed by atoms with E-state index in [0.717, 1.165) is 18.5 Å². The maximum absolute atomic E-state index is 6.16. The summed E-state index contributed by atoms with van der Waals surface area (Å²) in [6.45, 7) is 5.64. The molecule has 0 aromatic carbocycles. The first-order chi connectivity index (χ1) is 8.14. The van der Waals surface area contributed by atoms with Gasteiger partial charge in [-0.3, -0.25) is 4.90 Å². The fourth-order valence-corrected chi connectivity index (χ4v) is 3.61. The number of likely N-dealkylation sites (tertiary alicyclic amines) is 1. The van der Waals surface area contributed by atoms with Gasteiger partial charge in [-0.05, 0) is 58.7 Å². The van der Waals surface area contributed by atoms with E-state index in [1.807, 2.05) is 0 Å². The van der Waals surface area contributed by atoms with Gasteiger partial charge in [0.05, 0.1) is 0 Å². The highest BCUT2D eigenvalue weighted by molar-refractivity contribution is 5.04. The topological polar surface area (TPSA) is 32.5 Å². The maximum Gasteiger partial charge on any atom is 0.0357 e. The molecule has 0 bridgehead atoms. The fraction of sp³-hybridized carbons (Fsp3) is 1.00. The third-order valence-corrected chi connectivity index (χ3v) is 5.06. The zero-order chi connectivity index (χ0) is 12.5. The predicted molar refractivity (Wildman–Crippen MR) is 73.1 cm³/mol. The van der Waals surface area contributed by atoms with E-state index in [2.05, 4.69) is 30.8 Å². The van der Waals surface area contributed by atoms with Gasteiger partial charge < -0.3 is 10.6 Å². The molecule has 17 heavy (non-hydrogen) atoms. The van der Waals surface area contributed by atoms with Gasteiger partial charge in [-0.1, -0.05) is 6.92 Å². The van der Waals surface area contributed by atoms with Crippen molar-refractivity contribution < 1.29 is 0 Å². The number of rotatable bonds is 5. The van der Waals surface area contributed by atoms with Crippen molar-refractivity contribution in [1.29, 1.82) is 0 Å². The number of piperidine rings is 1. The Hall–Kier alpha value is -0.120. The monoisotopic (exact) mass is 239 g/mol. The van der Waals surface area contributed by atoms with Crippen LogP contribution in [0.15, 0.2) is 0 Å². The molecular weight excluding hydrogens is 210 g/mol. The Bertz CT molecular complexity index is 244. The Morgan fingerprint density at radius 2 is 2.00 bits per heavy atom. The largest absolute Gasteiger partial charge is 0.329 e. The minimum atomic E-state index is 0.314. The summed E-state index contributed by atoms with van der Waals surface area (Å²) in [5.74, 6) is 0.874. The zero-order valence-corrected chi connectivity index (χ0v) is 11.8. The van der Waals surface area contributed by atoms with Crippen molar-refractivity contribution >= 4 is 0 Å². The first-order valence-electron chi connectivity index (χ1n) is 7.25. The summed E-state index contributed by atoms with van der Waals surface area (Å²) in [7, 11) is 4.42. The van der Waals surface area contributed by atoms with Gasteiger partial charge in [0.2, 0.25) is 0 Å². The van der Waals surface area contributed by atoms with Gasteiger partial charge in [-0.25, -0.2) is 0 Å². The van der Waals surface area contributed by atoms with E-state index in [9.17, 15) is 0 Å². The minimum absolute atomic E-state index is 0.314. The molecule has 0 aromatic rings. The molecule has 3 heteroatoms. The number of likely N-dealkylation sites (N-methyl/N-ethyl adjacent to an activating group) is 1. The molecule has 0 spiro atoms. The van der Waals surface area contributed by atoms with Crippen molar-refractivity contribution in [1.82, 2.24) is 9.80 Å². The molecule has 2 atom stereocenters. The maximum atomic E-state index is 6.16. The van der Waals surface area contributed by atoms with Crippen molar-refractivity contribution in [3.63, 3.8) is 0 Å². The van der Waals surface area contributed by atoms with Gasteiger partial charge in [0.15, 0.2) is 0 Å². The second kappa shape index (κ2) is 5.25. The number of nitrogens with two attached hydrogens (primary N) is 1. The molecule has 2 fully saturated rings. The quantitative estimate of drug-likeness (QED) is 0.790. The van der Waals surface area contributed by atoms with E-state index < -0.39 is 0 Å². The highest BCUT2D eigenvalue weighted by Gasteiger charge is 2.47. The van der Waals surface area contributed by atoms with E-state index in [4.69, 9.17) is 5.73 Å². The Kier molecular flexibility index (Phi) is 4.11. The Morgan fingerprint density at radius 3 is 2.47 bits per heavy atom. The van der Waals surface area contributed by atoms with Gasteiger partial charge in [-0.2, -0.15) is 0 Å². The molecule has 1 saturated heterocycles. The van der Waals surface area contributed by atoms with Crippen LogP contribution in [-0.4, -0.2) is 55.1 Å². The summed E-state index contributed by atoms with van der Waals surface area (Å²) < 4.78 is 0. The molecule has 100 valence electrons. The molecular formula is C14H29N3.